The molecule has 63 heavy (non-hydrogen) atoms. The van der Waals surface area contributed by atoms with Crippen molar-refractivity contribution in [2.24, 2.45) is 10.9 Å². The number of aliphatic imine (C=N–C) groups is 1. The first-order valence-electron chi connectivity index (χ1n) is 20.4. The fourth-order valence-electron chi connectivity index (χ4n) is 8.02. The van der Waals surface area contributed by atoms with Gasteiger partial charge in [-0.05, 0) is 74.2 Å². The Morgan fingerprint density at radius 1 is 1.06 bits per heavy atom. The summed E-state index contributed by atoms with van der Waals surface area (Å²) in [6, 6.07) is 14.4. The normalized spacial score (nSPS) is 22.9. The molecule has 3 aliphatic heterocycles. The third-order valence-corrected chi connectivity index (χ3v) is 11.0. The minimum atomic E-state index is -2.63. The molecule has 7 rings (SSSR count). The van der Waals surface area contributed by atoms with E-state index in [1.807, 2.05) is 38.1 Å². The molecular weight excluding hydrogens is 819 g/mol. The number of aromatic hydroxyl groups is 1. The van der Waals surface area contributed by atoms with Gasteiger partial charge in [-0.2, -0.15) is 0 Å². The first kappa shape index (κ1) is 44.8. The number of aliphatic hydroxyl groups is 3. The molecule has 3 aromatic carbocycles. The number of carboxylic acid groups (broad SMARTS) is 1. The molecule has 1 aromatic heterocycles. The van der Waals surface area contributed by atoms with Crippen molar-refractivity contribution in [1.82, 2.24) is 10.4 Å². The number of esters is 1. The smallest absolute Gasteiger partial charge is 0.334 e. The highest BCUT2D eigenvalue weighted by atomic mass is 16.8. The first-order valence-corrected chi connectivity index (χ1v) is 20.4. The van der Waals surface area contributed by atoms with Gasteiger partial charge in [0.15, 0.2) is 17.1 Å². The molecule has 17 nitrogen and oxygen atoms in total. The summed E-state index contributed by atoms with van der Waals surface area (Å²) in [5, 5.41) is 60.5. The van der Waals surface area contributed by atoms with Crippen LogP contribution in [0.3, 0.4) is 0 Å². The second-order valence-electron chi connectivity index (χ2n) is 16.2. The van der Waals surface area contributed by atoms with E-state index in [1.165, 1.54) is 41.7 Å². The molecule has 17 heteroatoms. The second-order valence-corrected chi connectivity index (χ2v) is 16.2. The highest BCUT2D eigenvalue weighted by Crippen LogP contribution is 2.43. The number of rotatable bonds is 17. The number of carbonyl (C=O) groups excluding carboxylic acids is 2. The number of phenols is 1. The molecule has 4 heterocycles. The van der Waals surface area contributed by atoms with Crippen LogP contribution in [0.1, 0.15) is 43.4 Å². The number of nitrogens with zero attached hydrogens (tertiary/aromatic N) is 2. The van der Waals surface area contributed by atoms with Crippen molar-refractivity contribution in [1.29, 1.82) is 0 Å². The van der Waals surface area contributed by atoms with E-state index in [0.717, 1.165) is 22.3 Å². The SMILES string of the molecule is Cc1cc(C)cc(C2=C3N=CC=C3CN2O[C@@H]2[C@@H](Oc3ccc4c(=O)c(-c5ccc(O)cc5)coc4c3)O[C@@H](COC(=O)[C@H](NCCC=O)C(=O)O)[C@H](O)[C@]2(O)[C@@H](O)CC(C)C)c1. The van der Waals surface area contributed by atoms with Crippen molar-refractivity contribution in [3.05, 3.63) is 111 Å². The number of fused-ring (bicyclic) bond motifs is 2. The van der Waals surface area contributed by atoms with E-state index in [0.29, 0.717) is 23.2 Å². The molecule has 0 amide bonds. The number of aliphatic carboxylic acids is 1. The van der Waals surface area contributed by atoms with E-state index >= 15 is 0 Å². The van der Waals surface area contributed by atoms with Crippen LogP contribution in [0.15, 0.2) is 98.5 Å². The molecule has 0 bridgehead atoms. The Balaban J connectivity index is 1.28. The number of benzene rings is 3. The van der Waals surface area contributed by atoms with Gasteiger partial charge < -0.3 is 49.0 Å². The Bertz CT molecular complexity index is 2510. The Hall–Kier alpha value is -6.21. The molecule has 7 atom stereocenters. The number of hydrogen-bond acceptors (Lipinski definition) is 16. The molecule has 1 fully saturated rings. The first-order chi connectivity index (χ1) is 30.1. The summed E-state index contributed by atoms with van der Waals surface area (Å²) in [4.78, 5) is 60.8. The molecule has 4 aromatic rings. The maximum Gasteiger partial charge on any atom is 0.334 e. The molecular formula is C46H49N3O14. The number of hydrogen-bond donors (Lipinski definition) is 6. The quantitative estimate of drug-likeness (QED) is 0.0384. The van der Waals surface area contributed by atoms with Gasteiger partial charge >= 0.3 is 11.9 Å². The average Bonchev–Trinajstić information content (AvgIpc) is 3.83. The van der Waals surface area contributed by atoms with Gasteiger partial charge in [0, 0.05) is 36.4 Å². The Labute approximate surface area is 361 Å². The monoisotopic (exact) mass is 867 g/mol. The van der Waals surface area contributed by atoms with Crippen LogP contribution in [-0.2, 0) is 28.7 Å². The van der Waals surface area contributed by atoms with Crippen LogP contribution >= 0.6 is 0 Å². The predicted molar refractivity (Wildman–Crippen MR) is 227 cm³/mol. The second kappa shape index (κ2) is 18.6. The zero-order valence-corrected chi connectivity index (χ0v) is 35.0. The van der Waals surface area contributed by atoms with Crippen molar-refractivity contribution >= 4 is 41.1 Å². The molecule has 6 N–H and O–H groups in total. The highest BCUT2D eigenvalue weighted by Gasteiger charge is 2.62. The Morgan fingerprint density at radius 3 is 2.48 bits per heavy atom. The van der Waals surface area contributed by atoms with Gasteiger partial charge in [-0.15, -0.1) is 0 Å². The summed E-state index contributed by atoms with van der Waals surface area (Å²) in [6.45, 7) is 6.66. The summed E-state index contributed by atoms with van der Waals surface area (Å²) in [5.41, 5.74) is 2.44. The number of phenolic OH excluding ortho intramolecular Hbond substituents is 1. The van der Waals surface area contributed by atoms with Crippen LogP contribution < -0.4 is 15.5 Å². The van der Waals surface area contributed by atoms with Crippen molar-refractivity contribution in [3.63, 3.8) is 0 Å². The third kappa shape index (κ3) is 9.29. The van der Waals surface area contributed by atoms with Gasteiger partial charge in [-0.3, -0.25) is 19.9 Å². The number of ether oxygens (including phenoxy) is 3. The maximum absolute atomic E-state index is 13.6. The van der Waals surface area contributed by atoms with E-state index in [1.54, 1.807) is 32.2 Å². The minimum absolute atomic E-state index is 0.0262. The van der Waals surface area contributed by atoms with E-state index in [4.69, 9.17) is 23.5 Å². The fraction of sp³-hybridized carbons (Fsp3) is 0.370. The fourth-order valence-corrected chi connectivity index (χ4v) is 8.02. The lowest BCUT2D eigenvalue weighted by Gasteiger charge is -2.52. The summed E-state index contributed by atoms with van der Waals surface area (Å²) in [5.74, 6) is -3.02. The van der Waals surface area contributed by atoms with E-state index in [9.17, 15) is 44.7 Å². The molecule has 0 unspecified atom stereocenters. The van der Waals surface area contributed by atoms with Crippen molar-refractivity contribution < 1.29 is 63.4 Å². The van der Waals surface area contributed by atoms with Crippen LogP contribution in [-0.4, -0.2) is 117 Å². The molecule has 1 saturated heterocycles. The van der Waals surface area contributed by atoms with Crippen molar-refractivity contribution in [2.75, 3.05) is 19.7 Å². The van der Waals surface area contributed by atoms with Crippen LogP contribution in [0, 0.1) is 19.8 Å². The number of aldehydes is 1. The van der Waals surface area contributed by atoms with Crippen LogP contribution in [0.2, 0.25) is 0 Å². The minimum Gasteiger partial charge on any atom is -0.508 e. The topological polar surface area (TPSA) is 247 Å². The number of hydroxylamine groups is 2. The number of carbonyl (C=O) groups is 3. The summed E-state index contributed by atoms with van der Waals surface area (Å²) < 4.78 is 24.0. The van der Waals surface area contributed by atoms with E-state index < -0.39 is 60.9 Å². The van der Waals surface area contributed by atoms with Crippen LogP contribution in [0.5, 0.6) is 11.5 Å². The van der Waals surface area contributed by atoms with Crippen LogP contribution in [0.25, 0.3) is 27.8 Å². The number of carboxylic acids is 1. The van der Waals surface area contributed by atoms with E-state index in [2.05, 4.69) is 10.3 Å². The van der Waals surface area contributed by atoms with Crippen molar-refractivity contribution in [2.45, 2.75) is 82.9 Å². The molecule has 3 aliphatic rings. The molecule has 332 valence electrons. The lowest BCUT2D eigenvalue weighted by molar-refractivity contribution is -0.370. The maximum atomic E-state index is 13.6. The number of allylic oxidation sites excluding steroid dienone is 1. The highest BCUT2D eigenvalue weighted by molar-refractivity contribution is 5.98. The molecule has 0 saturated carbocycles. The summed E-state index contributed by atoms with van der Waals surface area (Å²) in [7, 11) is 0. The standard InChI is InChI=1S/C46H49N3O14/c1-24(2)16-36(52)46(58)41(54)35(23-60-44(57)38(43(55)56)47-13-5-15-50)62-45(42(46)63-49-21-28-12-14-48-37(28)39(49)29-18-25(3)17-26(4)19-29)61-31-10-11-32-34(20-31)59-22-33(40(32)53)27-6-8-30(51)9-7-27/h6-12,14-15,17-20,22,24,35-36,38,41-42,45,47,51-52,54,58H,5,13,16,21,23H2,1-4H3,(H,55,56)/t35-,36-,38+,41-,42+,45-,46+/m0/s1. The van der Waals surface area contributed by atoms with Gasteiger partial charge in [0.05, 0.1) is 35.0 Å². The van der Waals surface area contributed by atoms with Gasteiger partial charge in [0.2, 0.25) is 12.3 Å². The lowest BCUT2D eigenvalue weighted by Crippen LogP contribution is -2.74. The van der Waals surface area contributed by atoms with Crippen molar-refractivity contribution in [3.8, 4) is 22.6 Å². The summed E-state index contributed by atoms with van der Waals surface area (Å²) in [6.07, 6.45) is -3.70. The third-order valence-electron chi connectivity index (χ3n) is 11.0. The zero-order chi connectivity index (χ0) is 45.2. The molecule has 0 spiro atoms. The molecule has 0 aliphatic carbocycles. The predicted octanol–water partition coefficient (Wildman–Crippen LogP) is 3.56. The summed E-state index contributed by atoms with van der Waals surface area (Å²) >= 11 is 0. The average molecular weight is 868 g/mol. The van der Waals surface area contributed by atoms with Crippen LogP contribution in [0.4, 0.5) is 0 Å². The zero-order valence-electron chi connectivity index (χ0n) is 35.0. The number of aryl methyl sites for hydroxylation is 2. The van der Waals surface area contributed by atoms with Gasteiger partial charge in [0.1, 0.15) is 48.4 Å². The van der Waals surface area contributed by atoms with Gasteiger partial charge in [-0.25, -0.2) is 14.7 Å². The lowest BCUT2D eigenvalue weighted by atomic mass is 9.77. The Morgan fingerprint density at radius 2 is 1.79 bits per heavy atom. The Kier molecular flexibility index (Phi) is 13.3. The van der Waals surface area contributed by atoms with Gasteiger partial charge in [-0.1, -0.05) is 43.2 Å². The number of nitrogens with one attached hydrogen (secondary N) is 1. The van der Waals surface area contributed by atoms with E-state index in [-0.39, 0.29) is 65.3 Å². The molecule has 0 radical (unpaired) electrons. The number of aliphatic hydroxyl groups excluding tert-OH is 2. The van der Waals surface area contributed by atoms with Gasteiger partial charge in [0.25, 0.3) is 0 Å². The largest absolute Gasteiger partial charge is 0.508 e.